The Labute approximate surface area is 155 Å². The normalized spacial score (nSPS) is 17.3. The molecule has 0 radical (unpaired) electrons. The lowest BCUT2D eigenvalue weighted by atomic mass is 9.75. The Morgan fingerprint density at radius 3 is 2.65 bits per heavy atom. The van der Waals surface area contributed by atoms with Crippen LogP contribution in [-0.4, -0.2) is 21.4 Å². The lowest BCUT2D eigenvalue weighted by molar-refractivity contribution is -0.141. The standard InChI is InChI=1S/C22H29NO3/c1-15(21(25)26)9-5-4-8-12-23-17-11-7-6-10-16(17)20-18(23)13-22(2,3)14-19(20)24/h6-7,10-11,15H,4-5,8-9,12-14H2,1-3H3,(H,25,26). The molecule has 0 saturated heterocycles. The maximum absolute atomic E-state index is 12.8. The van der Waals surface area contributed by atoms with Crippen molar-refractivity contribution in [3.05, 3.63) is 35.5 Å². The Morgan fingerprint density at radius 1 is 1.19 bits per heavy atom. The van der Waals surface area contributed by atoms with Gasteiger partial charge >= 0.3 is 5.97 Å². The first-order valence-corrected chi connectivity index (χ1v) is 9.66. The van der Waals surface area contributed by atoms with E-state index in [1.54, 1.807) is 6.92 Å². The van der Waals surface area contributed by atoms with Crippen molar-refractivity contribution in [2.75, 3.05) is 0 Å². The zero-order valence-electron chi connectivity index (χ0n) is 16.0. The summed E-state index contributed by atoms with van der Waals surface area (Å²) >= 11 is 0. The Kier molecular flexibility index (Phi) is 5.22. The van der Waals surface area contributed by atoms with Gasteiger partial charge < -0.3 is 9.67 Å². The molecule has 1 atom stereocenters. The number of fused-ring (bicyclic) bond motifs is 3. The van der Waals surface area contributed by atoms with Gasteiger partial charge in [0.25, 0.3) is 0 Å². The third kappa shape index (κ3) is 3.69. The number of carboxylic acid groups (broad SMARTS) is 1. The minimum Gasteiger partial charge on any atom is -0.481 e. The van der Waals surface area contributed by atoms with E-state index in [0.717, 1.165) is 55.1 Å². The van der Waals surface area contributed by atoms with Crippen molar-refractivity contribution in [3.8, 4) is 0 Å². The van der Waals surface area contributed by atoms with Crippen LogP contribution in [0, 0.1) is 11.3 Å². The summed E-state index contributed by atoms with van der Waals surface area (Å²) < 4.78 is 2.34. The van der Waals surface area contributed by atoms with Crippen molar-refractivity contribution in [1.29, 1.82) is 0 Å². The number of para-hydroxylation sites is 1. The van der Waals surface area contributed by atoms with Crippen LogP contribution >= 0.6 is 0 Å². The van der Waals surface area contributed by atoms with E-state index in [2.05, 4.69) is 30.5 Å². The summed E-state index contributed by atoms with van der Waals surface area (Å²) in [5.74, 6) is -0.716. The second-order valence-corrected chi connectivity index (χ2v) is 8.52. The van der Waals surface area contributed by atoms with Crippen molar-refractivity contribution >= 4 is 22.7 Å². The lowest BCUT2D eigenvalue weighted by Gasteiger charge is -2.29. The van der Waals surface area contributed by atoms with Crippen LogP contribution in [-0.2, 0) is 17.8 Å². The van der Waals surface area contributed by atoms with Crippen LogP contribution in [0.25, 0.3) is 10.9 Å². The number of aryl methyl sites for hydroxylation is 1. The molecule has 0 amide bonds. The number of aromatic nitrogens is 1. The molecular formula is C22H29NO3. The second-order valence-electron chi connectivity index (χ2n) is 8.52. The van der Waals surface area contributed by atoms with Crippen LogP contribution in [0.3, 0.4) is 0 Å². The third-order valence-electron chi connectivity index (χ3n) is 5.58. The fourth-order valence-electron chi connectivity index (χ4n) is 4.17. The van der Waals surface area contributed by atoms with Crippen molar-refractivity contribution in [2.24, 2.45) is 11.3 Å². The molecule has 4 nitrogen and oxygen atoms in total. The van der Waals surface area contributed by atoms with Crippen LogP contribution < -0.4 is 0 Å². The van der Waals surface area contributed by atoms with Crippen molar-refractivity contribution < 1.29 is 14.7 Å². The molecule has 0 spiro atoms. The average molecular weight is 355 g/mol. The average Bonchev–Trinajstić information content (AvgIpc) is 2.86. The van der Waals surface area contributed by atoms with Gasteiger partial charge in [-0.2, -0.15) is 0 Å². The number of aliphatic carboxylic acids is 1. The topological polar surface area (TPSA) is 59.3 Å². The predicted molar refractivity (Wildman–Crippen MR) is 104 cm³/mol. The van der Waals surface area contributed by atoms with Gasteiger partial charge in [0.05, 0.1) is 5.92 Å². The molecule has 1 aromatic carbocycles. The predicted octanol–water partition coefficient (Wildman–Crippen LogP) is 5.08. The van der Waals surface area contributed by atoms with E-state index in [1.165, 1.54) is 5.69 Å². The molecule has 1 aromatic heterocycles. The fourth-order valence-corrected chi connectivity index (χ4v) is 4.17. The summed E-state index contributed by atoms with van der Waals surface area (Å²) in [5, 5.41) is 10.1. The molecule has 4 heteroatoms. The largest absolute Gasteiger partial charge is 0.481 e. The SMILES string of the molecule is CC(CCCCCn1c2c(c3ccccc31)C(=O)CC(C)(C)C2)C(=O)O. The number of carbonyl (C=O) groups is 2. The van der Waals surface area contributed by atoms with Gasteiger partial charge in [-0.05, 0) is 30.7 Å². The van der Waals surface area contributed by atoms with Gasteiger partial charge in [0.15, 0.2) is 5.78 Å². The van der Waals surface area contributed by atoms with Crippen LogP contribution in [0.2, 0.25) is 0 Å². The molecule has 3 rings (SSSR count). The first kappa shape index (κ1) is 18.7. The molecule has 26 heavy (non-hydrogen) atoms. The van der Waals surface area contributed by atoms with Gasteiger partial charge in [-0.25, -0.2) is 0 Å². The number of Topliss-reactive ketones (excluding diaryl/α,β-unsaturated/α-hetero) is 1. The molecule has 0 saturated carbocycles. The molecule has 1 N–H and O–H groups in total. The van der Waals surface area contributed by atoms with E-state index < -0.39 is 5.97 Å². The zero-order valence-corrected chi connectivity index (χ0v) is 16.0. The smallest absolute Gasteiger partial charge is 0.306 e. The van der Waals surface area contributed by atoms with Gasteiger partial charge in [0, 0.05) is 35.1 Å². The molecular weight excluding hydrogens is 326 g/mol. The van der Waals surface area contributed by atoms with E-state index in [9.17, 15) is 9.59 Å². The molecule has 2 aromatic rings. The molecule has 140 valence electrons. The Morgan fingerprint density at radius 2 is 1.92 bits per heavy atom. The number of carbonyl (C=O) groups excluding carboxylic acids is 1. The molecule has 1 heterocycles. The minimum atomic E-state index is -0.712. The molecule has 0 bridgehead atoms. The Balaban J connectivity index is 1.78. The maximum Gasteiger partial charge on any atom is 0.306 e. The number of hydrogen-bond donors (Lipinski definition) is 1. The summed E-state index contributed by atoms with van der Waals surface area (Å²) in [7, 11) is 0. The van der Waals surface area contributed by atoms with Crippen molar-refractivity contribution in [3.63, 3.8) is 0 Å². The summed E-state index contributed by atoms with van der Waals surface area (Å²) in [6.45, 7) is 7.00. The fraction of sp³-hybridized carbons (Fsp3) is 0.545. The van der Waals surface area contributed by atoms with E-state index in [0.29, 0.717) is 6.42 Å². The summed E-state index contributed by atoms with van der Waals surface area (Å²) in [6, 6.07) is 8.22. The number of nitrogens with zero attached hydrogens (tertiary/aromatic N) is 1. The highest BCUT2D eigenvalue weighted by Gasteiger charge is 2.35. The van der Waals surface area contributed by atoms with E-state index in [4.69, 9.17) is 5.11 Å². The van der Waals surface area contributed by atoms with Crippen molar-refractivity contribution in [1.82, 2.24) is 4.57 Å². The van der Waals surface area contributed by atoms with Gasteiger partial charge in [-0.1, -0.05) is 51.8 Å². The van der Waals surface area contributed by atoms with Gasteiger partial charge in [0.2, 0.25) is 0 Å². The van der Waals surface area contributed by atoms with Crippen LogP contribution in [0.4, 0.5) is 0 Å². The highest BCUT2D eigenvalue weighted by Crippen LogP contribution is 2.39. The minimum absolute atomic E-state index is 0.00707. The number of benzene rings is 1. The van der Waals surface area contributed by atoms with Crippen LogP contribution in [0.5, 0.6) is 0 Å². The molecule has 1 unspecified atom stereocenters. The lowest BCUT2D eigenvalue weighted by Crippen LogP contribution is -2.28. The second kappa shape index (κ2) is 7.26. The Hall–Kier alpha value is -2.10. The van der Waals surface area contributed by atoms with E-state index in [1.807, 2.05) is 12.1 Å². The van der Waals surface area contributed by atoms with Gasteiger partial charge in [-0.15, -0.1) is 0 Å². The maximum atomic E-state index is 12.8. The summed E-state index contributed by atoms with van der Waals surface area (Å²) in [5.41, 5.74) is 3.28. The number of carboxylic acids is 1. The van der Waals surface area contributed by atoms with E-state index >= 15 is 0 Å². The zero-order chi connectivity index (χ0) is 18.9. The highest BCUT2D eigenvalue weighted by molar-refractivity contribution is 6.10. The summed E-state index contributed by atoms with van der Waals surface area (Å²) in [6.07, 6.45) is 5.22. The number of hydrogen-bond acceptors (Lipinski definition) is 2. The molecule has 0 fully saturated rings. The Bertz CT molecular complexity index is 831. The summed E-state index contributed by atoms with van der Waals surface area (Å²) in [4.78, 5) is 23.7. The van der Waals surface area contributed by atoms with Gasteiger partial charge in [-0.3, -0.25) is 9.59 Å². The van der Waals surface area contributed by atoms with Crippen molar-refractivity contribution in [2.45, 2.75) is 65.8 Å². The first-order valence-electron chi connectivity index (χ1n) is 9.66. The molecule has 0 aliphatic heterocycles. The number of rotatable bonds is 7. The molecule has 1 aliphatic rings. The first-order chi connectivity index (χ1) is 12.3. The third-order valence-corrected chi connectivity index (χ3v) is 5.58. The molecule has 1 aliphatic carbocycles. The number of unbranched alkanes of at least 4 members (excludes halogenated alkanes) is 2. The van der Waals surface area contributed by atoms with Crippen LogP contribution in [0.1, 0.15) is 68.9 Å². The van der Waals surface area contributed by atoms with Crippen LogP contribution in [0.15, 0.2) is 24.3 Å². The van der Waals surface area contributed by atoms with Gasteiger partial charge in [0.1, 0.15) is 0 Å². The number of ketones is 1. The van der Waals surface area contributed by atoms with E-state index in [-0.39, 0.29) is 17.1 Å². The quantitative estimate of drug-likeness (QED) is 0.705. The highest BCUT2D eigenvalue weighted by atomic mass is 16.4. The monoisotopic (exact) mass is 355 g/mol.